The van der Waals surface area contributed by atoms with E-state index in [0.29, 0.717) is 18.1 Å². The van der Waals surface area contributed by atoms with Gasteiger partial charge in [0.2, 0.25) is 0 Å². The number of hydrogen-bond donors (Lipinski definition) is 1. The van der Waals surface area contributed by atoms with Gasteiger partial charge in [0, 0.05) is 18.9 Å². The zero-order valence-corrected chi connectivity index (χ0v) is 6.97. The van der Waals surface area contributed by atoms with E-state index in [0.717, 1.165) is 13.1 Å². The molecule has 11 heavy (non-hydrogen) atoms. The quantitative estimate of drug-likeness (QED) is 0.612. The van der Waals surface area contributed by atoms with Gasteiger partial charge in [-0.15, -0.1) is 6.58 Å². The predicted molar refractivity (Wildman–Crippen MR) is 45.3 cm³/mol. The fraction of sp³-hybridized carbons (Fsp3) is 0.667. The van der Waals surface area contributed by atoms with E-state index in [-0.39, 0.29) is 5.92 Å². The van der Waals surface area contributed by atoms with Crippen molar-refractivity contribution >= 4 is 5.78 Å². The summed E-state index contributed by atoms with van der Waals surface area (Å²) in [5.74, 6) is 1.06. The Morgan fingerprint density at radius 2 is 2.45 bits per heavy atom. The van der Waals surface area contributed by atoms with Crippen molar-refractivity contribution in [3.8, 4) is 0 Å². The number of rotatable bonds is 3. The zero-order chi connectivity index (χ0) is 8.27. The van der Waals surface area contributed by atoms with E-state index >= 15 is 0 Å². The van der Waals surface area contributed by atoms with Crippen LogP contribution in [-0.2, 0) is 4.79 Å². The normalized spacial score (nSPS) is 30.3. The summed E-state index contributed by atoms with van der Waals surface area (Å²) >= 11 is 0. The lowest BCUT2D eigenvalue weighted by atomic mass is 9.92. The van der Waals surface area contributed by atoms with Gasteiger partial charge in [-0.25, -0.2) is 0 Å². The second-order valence-corrected chi connectivity index (χ2v) is 3.20. The molecular formula is C9H15NO. The minimum atomic E-state index is 0.230. The van der Waals surface area contributed by atoms with Gasteiger partial charge in [-0.2, -0.15) is 0 Å². The van der Waals surface area contributed by atoms with Crippen molar-refractivity contribution in [2.75, 3.05) is 13.1 Å². The van der Waals surface area contributed by atoms with Gasteiger partial charge in [-0.05, 0) is 12.5 Å². The average molecular weight is 153 g/mol. The van der Waals surface area contributed by atoms with Crippen molar-refractivity contribution in [2.45, 2.75) is 13.3 Å². The molecule has 2 atom stereocenters. The Hall–Kier alpha value is -0.630. The van der Waals surface area contributed by atoms with E-state index in [2.05, 4.69) is 18.8 Å². The van der Waals surface area contributed by atoms with E-state index in [1.54, 1.807) is 6.08 Å². The van der Waals surface area contributed by atoms with Crippen molar-refractivity contribution in [3.63, 3.8) is 0 Å². The molecule has 0 bridgehead atoms. The summed E-state index contributed by atoms with van der Waals surface area (Å²) in [5, 5.41) is 3.21. The van der Waals surface area contributed by atoms with Crippen molar-refractivity contribution in [3.05, 3.63) is 12.7 Å². The molecule has 2 heteroatoms. The van der Waals surface area contributed by atoms with Crippen LogP contribution in [-0.4, -0.2) is 18.9 Å². The van der Waals surface area contributed by atoms with Crippen LogP contribution in [0.15, 0.2) is 12.7 Å². The number of allylic oxidation sites excluding steroid dienone is 1. The number of hydrogen-bond acceptors (Lipinski definition) is 2. The summed E-state index contributed by atoms with van der Waals surface area (Å²) in [4.78, 5) is 11.3. The highest BCUT2D eigenvalue weighted by Crippen LogP contribution is 2.17. The molecule has 0 radical (unpaired) electrons. The van der Waals surface area contributed by atoms with Crippen LogP contribution >= 0.6 is 0 Å². The smallest absolute Gasteiger partial charge is 0.141 e. The van der Waals surface area contributed by atoms with Crippen LogP contribution in [0, 0.1) is 11.8 Å². The van der Waals surface area contributed by atoms with Gasteiger partial charge in [0.05, 0.1) is 0 Å². The molecule has 0 aromatic rings. The number of Topliss-reactive ketones (excluding diaryl/α,β-unsaturated/α-hetero) is 1. The van der Waals surface area contributed by atoms with E-state index < -0.39 is 0 Å². The van der Waals surface area contributed by atoms with Crippen LogP contribution < -0.4 is 5.32 Å². The Bertz CT molecular complexity index is 165. The fourth-order valence-corrected chi connectivity index (χ4v) is 1.53. The highest BCUT2D eigenvalue weighted by atomic mass is 16.1. The second-order valence-electron chi connectivity index (χ2n) is 3.20. The van der Waals surface area contributed by atoms with Crippen LogP contribution in [0.4, 0.5) is 0 Å². The first kappa shape index (κ1) is 8.47. The third-order valence-corrected chi connectivity index (χ3v) is 2.28. The second kappa shape index (κ2) is 3.67. The van der Waals surface area contributed by atoms with Crippen LogP contribution in [0.1, 0.15) is 13.3 Å². The molecule has 2 unspecified atom stereocenters. The summed E-state index contributed by atoms with van der Waals surface area (Å²) < 4.78 is 0. The van der Waals surface area contributed by atoms with Crippen molar-refractivity contribution < 1.29 is 4.79 Å². The minimum absolute atomic E-state index is 0.230. The first-order chi connectivity index (χ1) is 5.25. The lowest BCUT2D eigenvalue weighted by Crippen LogP contribution is -2.20. The first-order valence-corrected chi connectivity index (χ1v) is 4.10. The van der Waals surface area contributed by atoms with Crippen LogP contribution in [0.3, 0.4) is 0 Å². The number of carbonyl (C=O) groups excluding carboxylic acids is 1. The molecule has 0 spiro atoms. The lowest BCUT2D eigenvalue weighted by molar-refractivity contribution is -0.122. The maximum absolute atomic E-state index is 11.3. The molecule has 1 heterocycles. The molecule has 0 aromatic carbocycles. The Labute approximate surface area is 67.7 Å². The highest BCUT2D eigenvalue weighted by Gasteiger charge is 2.27. The molecule has 0 aromatic heterocycles. The molecule has 1 fully saturated rings. The van der Waals surface area contributed by atoms with E-state index in [1.165, 1.54) is 0 Å². The van der Waals surface area contributed by atoms with Gasteiger partial charge in [-0.3, -0.25) is 4.79 Å². The SMILES string of the molecule is C=CCC(=O)C1CNCC1C. The monoisotopic (exact) mass is 153 g/mol. The Morgan fingerprint density at radius 1 is 1.73 bits per heavy atom. The number of nitrogens with one attached hydrogen (secondary N) is 1. The Balaban J connectivity index is 2.45. The molecule has 1 aliphatic rings. The van der Waals surface area contributed by atoms with E-state index in [9.17, 15) is 4.79 Å². The predicted octanol–water partition coefficient (Wildman–Crippen LogP) is 0.987. The van der Waals surface area contributed by atoms with Crippen LogP contribution in [0.25, 0.3) is 0 Å². The average Bonchev–Trinajstić information content (AvgIpc) is 2.36. The van der Waals surface area contributed by atoms with Gasteiger partial charge in [0.25, 0.3) is 0 Å². The molecule has 2 nitrogen and oxygen atoms in total. The first-order valence-electron chi connectivity index (χ1n) is 4.10. The molecule has 1 rings (SSSR count). The molecular weight excluding hydrogens is 138 g/mol. The largest absolute Gasteiger partial charge is 0.316 e. The zero-order valence-electron chi connectivity index (χ0n) is 6.97. The topological polar surface area (TPSA) is 29.1 Å². The summed E-state index contributed by atoms with van der Waals surface area (Å²) in [7, 11) is 0. The van der Waals surface area contributed by atoms with Gasteiger partial charge >= 0.3 is 0 Å². The summed E-state index contributed by atoms with van der Waals surface area (Å²) in [6.07, 6.45) is 2.21. The van der Waals surface area contributed by atoms with Crippen LogP contribution in [0.5, 0.6) is 0 Å². The number of carbonyl (C=O) groups is 1. The number of ketones is 1. The summed E-state index contributed by atoms with van der Waals surface area (Å²) in [6, 6.07) is 0. The minimum Gasteiger partial charge on any atom is -0.316 e. The molecule has 1 saturated heterocycles. The molecule has 1 aliphatic heterocycles. The highest BCUT2D eigenvalue weighted by molar-refractivity contribution is 5.83. The van der Waals surface area contributed by atoms with Gasteiger partial charge in [0.1, 0.15) is 5.78 Å². The molecule has 62 valence electrons. The fourth-order valence-electron chi connectivity index (χ4n) is 1.53. The van der Waals surface area contributed by atoms with Crippen molar-refractivity contribution in [2.24, 2.45) is 11.8 Å². The van der Waals surface area contributed by atoms with E-state index in [4.69, 9.17) is 0 Å². The maximum atomic E-state index is 11.3. The lowest BCUT2D eigenvalue weighted by Gasteiger charge is -2.10. The van der Waals surface area contributed by atoms with Crippen molar-refractivity contribution in [1.82, 2.24) is 5.32 Å². The summed E-state index contributed by atoms with van der Waals surface area (Å²) in [6.45, 7) is 7.51. The van der Waals surface area contributed by atoms with Gasteiger partial charge < -0.3 is 5.32 Å². The third-order valence-electron chi connectivity index (χ3n) is 2.28. The molecule has 0 aliphatic carbocycles. The summed E-state index contributed by atoms with van der Waals surface area (Å²) in [5.41, 5.74) is 0. The Morgan fingerprint density at radius 3 is 2.91 bits per heavy atom. The molecule has 1 N–H and O–H groups in total. The van der Waals surface area contributed by atoms with Gasteiger partial charge in [0.15, 0.2) is 0 Å². The molecule has 0 amide bonds. The van der Waals surface area contributed by atoms with Crippen molar-refractivity contribution in [1.29, 1.82) is 0 Å². The Kier molecular flexibility index (Phi) is 2.83. The maximum Gasteiger partial charge on any atom is 0.141 e. The molecule has 0 saturated carbocycles. The standard InChI is InChI=1S/C9H15NO/c1-3-4-9(11)8-6-10-5-7(8)2/h3,7-8,10H,1,4-6H2,2H3. The van der Waals surface area contributed by atoms with E-state index in [1.807, 2.05) is 0 Å². The van der Waals surface area contributed by atoms with Gasteiger partial charge in [-0.1, -0.05) is 13.0 Å². The third kappa shape index (κ3) is 1.90. The van der Waals surface area contributed by atoms with Crippen LogP contribution in [0.2, 0.25) is 0 Å².